The van der Waals surface area contributed by atoms with E-state index in [2.05, 4.69) is 16.0 Å². The van der Waals surface area contributed by atoms with Gasteiger partial charge in [0.2, 0.25) is 0 Å². The van der Waals surface area contributed by atoms with E-state index in [1.165, 1.54) is 0 Å². The van der Waals surface area contributed by atoms with Gasteiger partial charge in [0.25, 0.3) is 0 Å². The quantitative estimate of drug-likeness (QED) is 0.405. The standard InChI is InChI=1S/C25H29N3O3/c1-31-22-14-8-11-20(15-22)17-26-18-24(29)23(16-19-9-4-2-5-10-19)28-25(30)27-21-12-6-3-7-13-21/h2-15,23-24,26,29H,16-18H2,1H3,(H2,27,28,30)/t23-,24+/m0/s1. The van der Waals surface area contributed by atoms with Gasteiger partial charge in [0.05, 0.1) is 19.3 Å². The van der Waals surface area contributed by atoms with Gasteiger partial charge in [0.1, 0.15) is 5.75 Å². The molecule has 0 heterocycles. The molecule has 3 aromatic rings. The molecule has 162 valence electrons. The van der Waals surface area contributed by atoms with E-state index in [0.717, 1.165) is 16.9 Å². The van der Waals surface area contributed by atoms with Gasteiger partial charge in [-0.15, -0.1) is 0 Å². The van der Waals surface area contributed by atoms with Crippen molar-refractivity contribution in [3.63, 3.8) is 0 Å². The van der Waals surface area contributed by atoms with Gasteiger partial charge in [0, 0.05) is 18.8 Å². The van der Waals surface area contributed by atoms with Crippen LogP contribution in [0.1, 0.15) is 11.1 Å². The first-order valence-corrected chi connectivity index (χ1v) is 10.3. The SMILES string of the molecule is COc1cccc(CNC[C@@H](O)[C@H](Cc2ccccc2)NC(=O)Nc2ccccc2)c1. The maximum absolute atomic E-state index is 12.5. The van der Waals surface area contributed by atoms with Crippen molar-refractivity contribution < 1.29 is 14.6 Å². The van der Waals surface area contributed by atoms with Crippen molar-refractivity contribution in [2.24, 2.45) is 0 Å². The third kappa shape index (κ3) is 7.44. The lowest BCUT2D eigenvalue weighted by Gasteiger charge is -2.25. The fourth-order valence-corrected chi connectivity index (χ4v) is 3.30. The number of hydrogen-bond donors (Lipinski definition) is 4. The van der Waals surface area contributed by atoms with Crippen molar-refractivity contribution in [2.45, 2.75) is 25.1 Å². The Morgan fingerprint density at radius 3 is 2.32 bits per heavy atom. The number of ether oxygens (including phenoxy) is 1. The van der Waals surface area contributed by atoms with E-state index < -0.39 is 12.1 Å². The number of methoxy groups -OCH3 is 1. The molecule has 2 atom stereocenters. The second kappa shape index (κ2) is 11.7. The maximum atomic E-state index is 12.5. The molecular weight excluding hydrogens is 390 g/mol. The summed E-state index contributed by atoms with van der Waals surface area (Å²) in [6.07, 6.45) is -0.252. The molecule has 6 nitrogen and oxygen atoms in total. The molecule has 0 saturated carbocycles. The zero-order valence-electron chi connectivity index (χ0n) is 17.6. The molecule has 0 bridgehead atoms. The highest BCUT2D eigenvalue weighted by molar-refractivity contribution is 5.89. The third-order valence-corrected chi connectivity index (χ3v) is 4.93. The molecule has 3 rings (SSSR count). The van der Waals surface area contributed by atoms with E-state index in [-0.39, 0.29) is 6.03 Å². The molecule has 4 N–H and O–H groups in total. The minimum Gasteiger partial charge on any atom is -0.497 e. The summed E-state index contributed by atoms with van der Waals surface area (Å²) in [6.45, 7) is 0.919. The summed E-state index contributed by atoms with van der Waals surface area (Å²) in [7, 11) is 1.64. The zero-order valence-corrected chi connectivity index (χ0v) is 17.6. The molecule has 6 heteroatoms. The van der Waals surface area contributed by atoms with Crippen LogP contribution in [0.2, 0.25) is 0 Å². The molecule has 0 fully saturated rings. The predicted molar refractivity (Wildman–Crippen MR) is 123 cm³/mol. The zero-order chi connectivity index (χ0) is 21.9. The number of carbonyl (C=O) groups excluding carboxylic acids is 1. The first-order chi connectivity index (χ1) is 15.1. The molecule has 2 amide bonds. The van der Waals surface area contributed by atoms with Gasteiger partial charge in [-0.05, 0) is 41.8 Å². The normalized spacial score (nSPS) is 12.6. The van der Waals surface area contributed by atoms with E-state index in [1.54, 1.807) is 7.11 Å². The Bertz CT molecular complexity index is 935. The molecule has 0 aromatic heterocycles. The number of carbonyl (C=O) groups is 1. The summed E-state index contributed by atoms with van der Waals surface area (Å²) in [5.74, 6) is 0.793. The highest BCUT2D eigenvalue weighted by Crippen LogP contribution is 2.13. The molecule has 0 aliphatic heterocycles. The molecule has 3 aromatic carbocycles. The van der Waals surface area contributed by atoms with Crippen LogP contribution in [0.5, 0.6) is 5.75 Å². The Morgan fingerprint density at radius 1 is 0.935 bits per heavy atom. The Kier molecular flexibility index (Phi) is 8.46. The van der Waals surface area contributed by atoms with Crippen molar-refractivity contribution in [2.75, 3.05) is 19.0 Å². The molecule has 0 aliphatic carbocycles. The van der Waals surface area contributed by atoms with Crippen LogP contribution in [0.4, 0.5) is 10.5 Å². The molecule has 0 saturated heterocycles. The Labute approximate surface area is 183 Å². The molecule has 0 radical (unpaired) electrons. The van der Waals surface area contributed by atoms with Crippen LogP contribution in [0.25, 0.3) is 0 Å². The lowest BCUT2D eigenvalue weighted by molar-refractivity contribution is 0.128. The Morgan fingerprint density at radius 2 is 1.61 bits per heavy atom. The largest absolute Gasteiger partial charge is 0.497 e. The van der Waals surface area contributed by atoms with E-state index in [0.29, 0.717) is 25.2 Å². The van der Waals surface area contributed by atoms with Gasteiger partial charge < -0.3 is 25.8 Å². The van der Waals surface area contributed by atoms with Crippen LogP contribution >= 0.6 is 0 Å². The van der Waals surface area contributed by atoms with Crippen LogP contribution < -0.4 is 20.7 Å². The average Bonchev–Trinajstić information content (AvgIpc) is 2.80. The average molecular weight is 420 g/mol. The summed E-state index contributed by atoms with van der Waals surface area (Å²) >= 11 is 0. The minimum atomic E-state index is -0.771. The number of aliphatic hydroxyl groups excluding tert-OH is 1. The highest BCUT2D eigenvalue weighted by Gasteiger charge is 2.21. The van der Waals surface area contributed by atoms with Gasteiger partial charge in [-0.3, -0.25) is 0 Å². The molecule has 0 spiro atoms. The first-order valence-electron chi connectivity index (χ1n) is 10.3. The van der Waals surface area contributed by atoms with Crippen molar-refractivity contribution in [3.8, 4) is 5.75 Å². The Balaban J connectivity index is 1.59. The van der Waals surface area contributed by atoms with Crippen molar-refractivity contribution in [3.05, 3.63) is 96.1 Å². The van der Waals surface area contributed by atoms with Gasteiger partial charge in [-0.1, -0.05) is 60.7 Å². The van der Waals surface area contributed by atoms with E-state index >= 15 is 0 Å². The van der Waals surface area contributed by atoms with E-state index in [1.807, 2.05) is 84.9 Å². The number of hydrogen-bond acceptors (Lipinski definition) is 4. The topological polar surface area (TPSA) is 82.6 Å². The summed E-state index contributed by atoms with van der Waals surface area (Å²) in [5.41, 5.74) is 2.80. The minimum absolute atomic E-state index is 0.334. The third-order valence-electron chi connectivity index (χ3n) is 4.93. The van der Waals surface area contributed by atoms with E-state index in [4.69, 9.17) is 4.74 Å². The predicted octanol–water partition coefficient (Wildman–Crippen LogP) is 3.58. The molecule has 0 aliphatic rings. The smallest absolute Gasteiger partial charge is 0.319 e. The van der Waals surface area contributed by atoms with Crippen LogP contribution in [-0.2, 0) is 13.0 Å². The molecule has 0 unspecified atom stereocenters. The number of benzene rings is 3. The number of amides is 2. The number of urea groups is 1. The van der Waals surface area contributed by atoms with Crippen LogP contribution in [0.15, 0.2) is 84.9 Å². The van der Waals surface area contributed by atoms with Crippen molar-refractivity contribution in [1.82, 2.24) is 10.6 Å². The van der Waals surface area contributed by atoms with Gasteiger partial charge >= 0.3 is 6.03 Å². The summed E-state index contributed by atoms with van der Waals surface area (Å²) in [4.78, 5) is 12.5. The van der Waals surface area contributed by atoms with Crippen LogP contribution in [0.3, 0.4) is 0 Å². The molecule has 31 heavy (non-hydrogen) atoms. The van der Waals surface area contributed by atoms with Gasteiger partial charge in [-0.25, -0.2) is 4.79 Å². The number of rotatable bonds is 10. The second-order valence-electron chi connectivity index (χ2n) is 7.31. The van der Waals surface area contributed by atoms with Crippen LogP contribution in [0, 0.1) is 0 Å². The van der Waals surface area contributed by atoms with Gasteiger partial charge in [-0.2, -0.15) is 0 Å². The number of para-hydroxylation sites is 1. The number of anilines is 1. The maximum Gasteiger partial charge on any atom is 0.319 e. The Hall–Kier alpha value is -3.35. The van der Waals surface area contributed by atoms with E-state index in [9.17, 15) is 9.90 Å². The summed E-state index contributed by atoms with van der Waals surface area (Å²) in [5, 5.41) is 19.8. The van der Waals surface area contributed by atoms with Crippen LogP contribution in [-0.4, -0.2) is 36.9 Å². The molecular formula is C25H29N3O3. The lowest BCUT2D eigenvalue weighted by Crippen LogP contribution is -2.49. The second-order valence-corrected chi connectivity index (χ2v) is 7.31. The summed E-state index contributed by atoms with van der Waals surface area (Å²) in [6, 6.07) is 26.0. The first kappa shape index (κ1) is 22.3. The summed E-state index contributed by atoms with van der Waals surface area (Å²) < 4.78 is 5.25. The fraction of sp³-hybridized carbons (Fsp3) is 0.240. The fourth-order valence-electron chi connectivity index (χ4n) is 3.30. The van der Waals surface area contributed by atoms with Crippen molar-refractivity contribution >= 4 is 11.7 Å². The van der Waals surface area contributed by atoms with Crippen molar-refractivity contribution in [1.29, 1.82) is 0 Å². The lowest BCUT2D eigenvalue weighted by atomic mass is 10.0. The number of nitrogens with one attached hydrogen (secondary N) is 3. The van der Waals surface area contributed by atoms with Gasteiger partial charge in [0.15, 0.2) is 0 Å². The monoisotopic (exact) mass is 419 g/mol. The highest BCUT2D eigenvalue weighted by atomic mass is 16.5. The number of aliphatic hydroxyl groups is 1.